The van der Waals surface area contributed by atoms with Crippen LogP contribution in [-0.2, 0) is 11.2 Å². The summed E-state index contributed by atoms with van der Waals surface area (Å²) in [5.41, 5.74) is 1.12. The lowest BCUT2D eigenvalue weighted by Crippen LogP contribution is -1.94. The zero-order valence-electron chi connectivity index (χ0n) is 9.46. The molecule has 0 aliphatic rings. The van der Waals surface area contributed by atoms with E-state index in [2.05, 4.69) is 15.9 Å². The molecular weight excluding hydrogens is 272 g/mol. The van der Waals surface area contributed by atoms with Crippen LogP contribution in [0.1, 0.15) is 18.4 Å². The van der Waals surface area contributed by atoms with Crippen molar-refractivity contribution in [3.8, 4) is 11.5 Å². The van der Waals surface area contributed by atoms with E-state index in [0.717, 1.165) is 29.2 Å². The Morgan fingerprint density at radius 3 is 2.44 bits per heavy atom. The van der Waals surface area contributed by atoms with E-state index in [-0.39, 0.29) is 0 Å². The topological polar surface area (TPSA) is 35.5 Å². The maximum Gasteiger partial charge on any atom is 0.161 e. The maximum atomic E-state index is 10.2. The monoisotopic (exact) mass is 286 g/mol. The largest absolute Gasteiger partial charge is 0.493 e. The van der Waals surface area contributed by atoms with Gasteiger partial charge < -0.3 is 14.3 Å². The predicted molar refractivity (Wildman–Crippen MR) is 66.2 cm³/mol. The van der Waals surface area contributed by atoms with Gasteiger partial charge in [0.05, 0.1) is 14.2 Å². The molecule has 0 saturated carbocycles. The van der Waals surface area contributed by atoms with Crippen molar-refractivity contribution in [1.29, 1.82) is 0 Å². The van der Waals surface area contributed by atoms with Gasteiger partial charge in [-0.3, -0.25) is 0 Å². The Labute approximate surface area is 104 Å². The summed E-state index contributed by atoms with van der Waals surface area (Å²) in [7, 11) is 3.22. The molecule has 0 spiro atoms. The van der Waals surface area contributed by atoms with E-state index in [1.807, 2.05) is 12.1 Å². The molecular formula is C12H15BrO3. The van der Waals surface area contributed by atoms with E-state index in [0.29, 0.717) is 17.9 Å². The van der Waals surface area contributed by atoms with Gasteiger partial charge in [0, 0.05) is 10.9 Å². The third kappa shape index (κ3) is 3.23. The molecule has 0 N–H and O–H groups in total. The first kappa shape index (κ1) is 13.0. The summed E-state index contributed by atoms with van der Waals surface area (Å²) in [6.07, 6.45) is 3.21. The Morgan fingerprint density at radius 1 is 1.25 bits per heavy atom. The minimum Gasteiger partial charge on any atom is -0.493 e. The first-order valence-corrected chi connectivity index (χ1v) is 5.86. The van der Waals surface area contributed by atoms with E-state index < -0.39 is 0 Å². The Balaban J connectivity index is 2.88. The third-order valence-electron chi connectivity index (χ3n) is 2.32. The molecule has 1 aromatic rings. The van der Waals surface area contributed by atoms with Crippen molar-refractivity contribution in [2.45, 2.75) is 19.3 Å². The van der Waals surface area contributed by atoms with Crippen LogP contribution in [0.4, 0.5) is 0 Å². The highest BCUT2D eigenvalue weighted by molar-refractivity contribution is 9.10. The lowest BCUT2D eigenvalue weighted by atomic mass is 10.1. The van der Waals surface area contributed by atoms with Gasteiger partial charge in [-0.05, 0) is 30.5 Å². The number of halogens is 1. The van der Waals surface area contributed by atoms with Crippen molar-refractivity contribution in [2.75, 3.05) is 14.2 Å². The molecule has 4 heteroatoms. The minimum absolute atomic E-state index is 0.584. The summed E-state index contributed by atoms with van der Waals surface area (Å²) in [5.74, 6) is 1.42. The maximum absolute atomic E-state index is 10.2. The number of methoxy groups -OCH3 is 2. The Morgan fingerprint density at radius 2 is 1.88 bits per heavy atom. The fourth-order valence-corrected chi connectivity index (χ4v) is 1.98. The molecule has 3 nitrogen and oxygen atoms in total. The number of ether oxygens (including phenoxy) is 2. The van der Waals surface area contributed by atoms with E-state index in [4.69, 9.17) is 9.47 Å². The van der Waals surface area contributed by atoms with Crippen molar-refractivity contribution >= 4 is 22.2 Å². The van der Waals surface area contributed by atoms with Crippen LogP contribution in [-0.4, -0.2) is 20.5 Å². The van der Waals surface area contributed by atoms with E-state index in [1.165, 1.54) is 0 Å². The SMILES string of the molecule is COc1cc(Br)c(CCCC=O)cc1OC. The zero-order chi connectivity index (χ0) is 12.0. The molecule has 0 unspecified atom stereocenters. The average molecular weight is 287 g/mol. The second-order valence-corrected chi connectivity index (χ2v) is 4.21. The number of hydrogen-bond acceptors (Lipinski definition) is 3. The molecule has 0 saturated heterocycles. The molecule has 1 aromatic carbocycles. The van der Waals surface area contributed by atoms with Crippen molar-refractivity contribution in [2.24, 2.45) is 0 Å². The number of aldehydes is 1. The number of rotatable bonds is 6. The fourth-order valence-electron chi connectivity index (χ4n) is 1.46. The van der Waals surface area contributed by atoms with Gasteiger partial charge in [0.25, 0.3) is 0 Å². The first-order valence-electron chi connectivity index (χ1n) is 5.07. The summed E-state index contributed by atoms with van der Waals surface area (Å²) in [4.78, 5) is 10.2. The highest BCUT2D eigenvalue weighted by Gasteiger charge is 2.08. The summed E-state index contributed by atoms with van der Waals surface area (Å²) < 4.78 is 11.4. The number of carbonyl (C=O) groups is 1. The predicted octanol–water partition coefficient (Wildman–Crippen LogP) is 2.99. The van der Waals surface area contributed by atoms with Crippen LogP contribution in [0, 0.1) is 0 Å². The van der Waals surface area contributed by atoms with E-state index >= 15 is 0 Å². The van der Waals surface area contributed by atoms with Gasteiger partial charge in [-0.2, -0.15) is 0 Å². The Bertz CT molecular complexity index is 364. The van der Waals surface area contributed by atoms with Crippen LogP contribution < -0.4 is 9.47 Å². The van der Waals surface area contributed by atoms with Crippen molar-refractivity contribution in [1.82, 2.24) is 0 Å². The van der Waals surface area contributed by atoms with Crippen molar-refractivity contribution < 1.29 is 14.3 Å². The second kappa shape index (κ2) is 6.53. The molecule has 0 bridgehead atoms. The molecule has 16 heavy (non-hydrogen) atoms. The molecule has 0 heterocycles. The van der Waals surface area contributed by atoms with Crippen LogP contribution in [0.5, 0.6) is 11.5 Å². The number of benzene rings is 1. The summed E-state index contributed by atoms with van der Waals surface area (Å²) in [6, 6.07) is 3.82. The van der Waals surface area contributed by atoms with Gasteiger partial charge in [-0.15, -0.1) is 0 Å². The normalized spacial score (nSPS) is 9.94. The Hall–Kier alpha value is -1.03. The van der Waals surface area contributed by atoms with Gasteiger partial charge in [0.2, 0.25) is 0 Å². The summed E-state index contributed by atoms with van der Waals surface area (Å²) in [5, 5.41) is 0. The lowest BCUT2D eigenvalue weighted by molar-refractivity contribution is -0.107. The van der Waals surface area contributed by atoms with Gasteiger partial charge in [-0.25, -0.2) is 0 Å². The standard InChI is InChI=1S/C12H15BrO3/c1-15-11-7-9(5-3-4-6-14)10(13)8-12(11)16-2/h6-8H,3-5H2,1-2H3. The third-order valence-corrected chi connectivity index (χ3v) is 3.06. The number of unbranched alkanes of at least 4 members (excludes halogenated alkanes) is 1. The molecule has 0 aliphatic carbocycles. The molecule has 0 radical (unpaired) electrons. The van der Waals surface area contributed by atoms with E-state index in [9.17, 15) is 4.79 Å². The fraction of sp³-hybridized carbons (Fsp3) is 0.417. The summed E-state index contributed by atoms with van der Waals surface area (Å²) in [6.45, 7) is 0. The quantitative estimate of drug-likeness (QED) is 0.596. The average Bonchev–Trinajstić information content (AvgIpc) is 2.31. The van der Waals surface area contributed by atoms with Crippen LogP contribution in [0.15, 0.2) is 16.6 Å². The molecule has 0 amide bonds. The molecule has 0 atom stereocenters. The highest BCUT2D eigenvalue weighted by atomic mass is 79.9. The number of aryl methyl sites for hydroxylation is 1. The molecule has 0 fully saturated rings. The van der Waals surface area contributed by atoms with Crippen LogP contribution in [0.2, 0.25) is 0 Å². The van der Waals surface area contributed by atoms with Gasteiger partial charge in [-0.1, -0.05) is 15.9 Å². The van der Waals surface area contributed by atoms with Crippen molar-refractivity contribution in [3.63, 3.8) is 0 Å². The smallest absolute Gasteiger partial charge is 0.161 e. The van der Waals surface area contributed by atoms with Crippen LogP contribution in [0.3, 0.4) is 0 Å². The number of carbonyl (C=O) groups excluding carboxylic acids is 1. The summed E-state index contributed by atoms with van der Waals surface area (Å²) >= 11 is 3.48. The van der Waals surface area contributed by atoms with Crippen LogP contribution in [0.25, 0.3) is 0 Å². The van der Waals surface area contributed by atoms with E-state index in [1.54, 1.807) is 14.2 Å². The molecule has 88 valence electrons. The Kier molecular flexibility index (Phi) is 5.32. The van der Waals surface area contributed by atoms with Gasteiger partial charge in [0.1, 0.15) is 6.29 Å². The number of hydrogen-bond donors (Lipinski definition) is 0. The molecule has 1 rings (SSSR count). The minimum atomic E-state index is 0.584. The van der Waals surface area contributed by atoms with Gasteiger partial charge in [0.15, 0.2) is 11.5 Å². The molecule has 0 aliphatic heterocycles. The molecule has 0 aromatic heterocycles. The first-order chi connectivity index (χ1) is 7.72. The zero-order valence-corrected chi connectivity index (χ0v) is 11.0. The second-order valence-electron chi connectivity index (χ2n) is 3.36. The van der Waals surface area contributed by atoms with Crippen molar-refractivity contribution in [3.05, 3.63) is 22.2 Å². The van der Waals surface area contributed by atoms with Gasteiger partial charge >= 0.3 is 0 Å². The lowest BCUT2D eigenvalue weighted by Gasteiger charge is -2.11. The van der Waals surface area contributed by atoms with Crippen LogP contribution >= 0.6 is 15.9 Å². The highest BCUT2D eigenvalue weighted by Crippen LogP contribution is 2.33.